The maximum Gasteiger partial charge on any atom is 0.279 e. The molecule has 0 bridgehead atoms. The molecule has 0 unspecified atom stereocenters. The summed E-state index contributed by atoms with van der Waals surface area (Å²) in [7, 11) is 0. The fraction of sp³-hybridized carbons (Fsp3) is 0.250. The minimum atomic E-state index is -0.427. The van der Waals surface area contributed by atoms with Gasteiger partial charge in [-0.25, -0.2) is 4.99 Å². The molecule has 1 aliphatic heterocycles. The van der Waals surface area contributed by atoms with Crippen molar-refractivity contribution in [3.8, 4) is 5.88 Å². The molecule has 2 amide bonds. The zero-order valence-electron chi connectivity index (χ0n) is 13.1. The third-order valence-corrected chi connectivity index (χ3v) is 4.83. The van der Waals surface area contributed by atoms with Gasteiger partial charge < -0.3 is 5.11 Å². The van der Waals surface area contributed by atoms with Crippen LogP contribution in [0.25, 0.3) is 5.57 Å². The molecule has 1 aromatic heterocycles. The number of aromatic hydroxyl groups is 1. The maximum absolute atomic E-state index is 12.2. The molecule has 0 atom stereocenters. The topological polar surface area (TPSA) is 83.7 Å². The first kappa shape index (κ1) is 16.5. The van der Waals surface area contributed by atoms with Gasteiger partial charge in [-0.1, -0.05) is 43.4 Å². The third-order valence-electron chi connectivity index (χ3n) is 3.45. The van der Waals surface area contributed by atoms with Crippen molar-refractivity contribution in [2.24, 2.45) is 10.9 Å². The first-order valence-corrected chi connectivity index (χ1v) is 8.58. The molecule has 0 aliphatic carbocycles. The van der Waals surface area contributed by atoms with Crippen LogP contribution in [0.1, 0.15) is 25.1 Å². The fourth-order valence-electron chi connectivity index (χ4n) is 2.45. The van der Waals surface area contributed by atoms with Crippen LogP contribution in [0.4, 0.5) is 0 Å². The normalized spacial score (nSPS) is 13.1. The standard InChI is InChI=1S/C16H15N3O3S2/c1-8(2)7-11(20)18-19-15(22)13(24-16(19)23)12-9-5-3-4-6-10(9)17-14(12)21/h3-6,8,22H,7H2,1-2H3,(H,18,20). The Hall–Kier alpha value is -2.32. The van der Waals surface area contributed by atoms with E-state index in [1.54, 1.807) is 24.3 Å². The first-order valence-electron chi connectivity index (χ1n) is 7.36. The minimum absolute atomic E-state index is 0.177. The van der Waals surface area contributed by atoms with Crippen LogP contribution in [-0.2, 0) is 9.59 Å². The summed E-state index contributed by atoms with van der Waals surface area (Å²) in [5.41, 5.74) is 2.87. The molecule has 3 rings (SSSR count). The second kappa shape index (κ2) is 6.29. The number of amides is 2. The molecule has 8 heteroatoms. The predicted molar refractivity (Wildman–Crippen MR) is 93.4 cm³/mol. The Morgan fingerprint density at radius 1 is 1.42 bits per heavy atom. The third kappa shape index (κ3) is 2.90. The van der Waals surface area contributed by atoms with Gasteiger partial charge >= 0.3 is 0 Å². The molecule has 0 fully saturated rings. The summed E-state index contributed by atoms with van der Waals surface area (Å²) in [6.07, 6.45) is 0.306. The molecule has 2 aromatic rings. The Morgan fingerprint density at radius 3 is 2.83 bits per heavy atom. The van der Waals surface area contributed by atoms with E-state index in [-0.39, 0.29) is 21.7 Å². The molecule has 6 nitrogen and oxygen atoms in total. The van der Waals surface area contributed by atoms with Crippen LogP contribution >= 0.6 is 23.6 Å². The maximum atomic E-state index is 12.2. The van der Waals surface area contributed by atoms with E-state index in [1.165, 1.54) is 0 Å². The lowest BCUT2D eigenvalue weighted by molar-refractivity contribution is -0.117. The Morgan fingerprint density at radius 2 is 2.12 bits per heavy atom. The first-order chi connectivity index (χ1) is 11.4. The predicted octanol–water partition coefficient (Wildman–Crippen LogP) is 1.46. The van der Waals surface area contributed by atoms with Crippen LogP contribution in [0.5, 0.6) is 5.88 Å². The smallest absolute Gasteiger partial charge is 0.279 e. The molecular weight excluding hydrogens is 346 g/mol. The molecule has 0 saturated carbocycles. The van der Waals surface area contributed by atoms with Gasteiger partial charge in [0, 0.05) is 11.6 Å². The number of hydrogen-bond acceptors (Lipinski definition) is 5. The lowest BCUT2D eigenvalue weighted by Gasteiger charge is -2.09. The SMILES string of the molecule is CC(C)CC(=O)Nn1c(O)c(C2=c3ccccc3=NC2=O)sc1=S. The molecular formula is C16H15N3O3S2. The number of para-hydroxylation sites is 1. The lowest BCUT2D eigenvalue weighted by Crippen LogP contribution is -2.24. The number of rotatable bonds is 4. The van der Waals surface area contributed by atoms with E-state index >= 15 is 0 Å². The van der Waals surface area contributed by atoms with E-state index in [4.69, 9.17) is 12.2 Å². The van der Waals surface area contributed by atoms with Crippen molar-refractivity contribution >= 4 is 40.9 Å². The molecule has 0 radical (unpaired) electrons. The van der Waals surface area contributed by atoms with E-state index < -0.39 is 5.91 Å². The van der Waals surface area contributed by atoms with Crippen LogP contribution < -0.4 is 16.0 Å². The highest BCUT2D eigenvalue weighted by Gasteiger charge is 2.25. The van der Waals surface area contributed by atoms with Gasteiger partial charge in [-0.2, -0.15) is 4.68 Å². The summed E-state index contributed by atoms with van der Waals surface area (Å²) in [4.78, 5) is 28.5. The van der Waals surface area contributed by atoms with Crippen LogP contribution in [0.3, 0.4) is 0 Å². The molecule has 2 N–H and O–H groups in total. The minimum Gasteiger partial charge on any atom is -0.492 e. The molecule has 0 spiro atoms. The highest BCUT2D eigenvalue weighted by Crippen LogP contribution is 2.31. The van der Waals surface area contributed by atoms with Gasteiger partial charge in [0.25, 0.3) is 5.91 Å². The number of carbonyl (C=O) groups is 2. The number of nitrogens with one attached hydrogen (secondary N) is 1. The van der Waals surface area contributed by atoms with Gasteiger partial charge in [0.2, 0.25) is 11.8 Å². The molecule has 24 heavy (non-hydrogen) atoms. The van der Waals surface area contributed by atoms with E-state index in [0.29, 0.717) is 27.4 Å². The Kier molecular flexibility index (Phi) is 4.33. The second-order valence-electron chi connectivity index (χ2n) is 5.80. The van der Waals surface area contributed by atoms with Crippen molar-refractivity contribution in [2.45, 2.75) is 20.3 Å². The summed E-state index contributed by atoms with van der Waals surface area (Å²) in [6, 6.07) is 7.09. The van der Waals surface area contributed by atoms with E-state index in [9.17, 15) is 14.7 Å². The van der Waals surface area contributed by atoms with Crippen molar-refractivity contribution < 1.29 is 14.7 Å². The van der Waals surface area contributed by atoms with Gasteiger partial charge in [0.15, 0.2) is 3.95 Å². The Labute approximate surface area is 146 Å². The monoisotopic (exact) mass is 361 g/mol. The summed E-state index contributed by atoms with van der Waals surface area (Å²) in [5.74, 6) is -0.759. The molecule has 2 heterocycles. The van der Waals surface area contributed by atoms with E-state index in [0.717, 1.165) is 16.0 Å². The highest BCUT2D eigenvalue weighted by molar-refractivity contribution is 7.73. The van der Waals surface area contributed by atoms with Crippen LogP contribution in [0.15, 0.2) is 29.3 Å². The van der Waals surface area contributed by atoms with Crippen molar-refractivity contribution in [1.82, 2.24) is 4.68 Å². The number of carbonyl (C=O) groups excluding carboxylic acids is 2. The molecule has 0 saturated heterocycles. The summed E-state index contributed by atoms with van der Waals surface area (Å²) in [5, 5.41) is 11.7. The zero-order chi connectivity index (χ0) is 17.4. The fourth-order valence-corrected chi connectivity index (χ4v) is 3.71. The van der Waals surface area contributed by atoms with Crippen LogP contribution in [0, 0.1) is 9.87 Å². The van der Waals surface area contributed by atoms with Crippen molar-refractivity contribution in [3.05, 3.63) is 43.7 Å². The summed E-state index contributed by atoms with van der Waals surface area (Å²) < 4.78 is 1.39. The van der Waals surface area contributed by atoms with Crippen molar-refractivity contribution in [1.29, 1.82) is 0 Å². The van der Waals surface area contributed by atoms with Crippen LogP contribution in [-0.4, -0.2) is 21.6 Å². The van der Waals surface area contributed by atoms with E-state index in [2.05, 4.69) is 10.4 Å². The number of hydrogen-bond donors (Lipinski definition) is 2. The average Bonchev–Trinajstić information content (AvgIpc) is 2.96. The Balaban J connectivity index is 2.09. The zero-order valence-corrected chi connectivity index (χ0v) is 14.7. The quantitative estimate of drug-likeness (QED) is 0.808. The van der Waals surface area contributed by atoms with Crippen molar-refractivity contribution in [3.63, 3.8) is 0 Å². The van der Waals surface area contributed by atoms with Crippen molar-refractivity contribution in [2.75, 3.05) is 5.43 Å². The molecule has 1 aromatic carbocycles. The van der Waals surface area contributed by atoms with Gasteiger partial charge in [-0.05, 0) is 24.2 Å². The van der Waals surface area contributed by atoms with Gasteiger partial charge in [-0.15, -0.1) is 0 Å². The lowest BCUT2D eigenvalue weighted by atomic mass is 10.1. The average molecular weight is 361 g/mol. The number of fused-ring (bicyclic) bond motifs is 1. The van der Waals surface area contributed by atoms with Crippen LogP contribution in [0.2, 0.25) is 0 Å². The van der Waals surface area contributed by atoms with Gasteiger partial charge in [-0.3, -0.25) is 15.0 Å². The van der Waals surface area contributed by atoms with Gasteiger partial charge in [0.1, 0.15) is 4.88 Å². The number of aromatic nitrogens is 1. The number of benzene rings is 1. The summed E-state index contributed by atoms with van der Waals surface area (Å²) >= 11 is 6.28. The molecule has 1 aliphatic rings. The largest absolute Gasteiger partial charge is 0.492 e. The molecule has 124 valence electrons. The highest BCUT2D eigenvalue weighted by atomic mass is 32.1. The number of thiazole rings is 1. The Bertz CT molecular complexity index is 1020. The number of nitrogens with zero attached hydrogens (tertiary/aromatic N) is 2. The summed E-state index contributed by atoms with van der Waals surface area (Å²) in [6.45, 7) is 3.84. The van der Waals surface area contributed by atoms with E-state index in [1.807, 2.05) is 13.8 Å². The second-order valence-corrected chi connectivity index (χ2v) is 7.44. The van der Waals surface area contributed by atoms with Gasteiger partial charge in [0.05, 0.1) is 10.9 Å².